The molecule has 152 valence electrons. The quantitative estimate of drug-likeness (QED) is 0.368. The van der Waals surface area contributed by atoms with E-state index in [9.17, 15) is 9.59 Å². The summed E-state index contributed by atoms with van der Waals surface area (Å²) in [6, 6.07) is 3.42. The SMILES string of the molecule is CCOC(=O)/C=C/c1cc2c(OC)c(OCC)c(N(CC)CC)cc2oc1=O. The highest BCUT2D eigenvalue weighted by atomic mass is 16.5. The summed E-state index contributed by atoms with van der Waals surface area (Å²) in [6.07, 6.45) is 2.57. The lowest BCUT2D eigenvalue weighted by Gasteiger charge is -2.25. The van der Waals surface area contributed by atoms with Crippen LogP contribution in [0.5, 0.6) is 11.5 Å². The van der Waals surface area contributed by atoms with Gasteiger partial charge in [-0.15, -0.1) is 0 Å². The lowest BCUT2D eigenvalue weighted by Crippen LogP contribution is -2.23. The highest BCUT2D eigenvalue weighted by Crippen LogP contribution is 2.43. The van der Waals surface area contributed by atoms with Crippen LogP contribution in [0.15, 0.2) is 27.4 Å². The van der Waals surface area contributed by atoms with E-state index in [1.165, 1.54) is 12.2 Å². The Morgan fingerprint density at radius 2 is 1.82 bits per heavy atom. The third-order valence-corrected chi connectivity index (χ3v) is 4.24. The zero-order valence-corrected chi connectivity index (χ0v) is 17.0. The smallest absolute Gasteiger partial charge is 0.343 e. The number of hydrogen-bond donors (Lipinski definition) is 0. The van der Waals surface area contributed by atoms with Crippen LogP contribution >= 0.6 is 0 Å². The van der Waals surface area contributed by atoms with Crippen molar-refractivity contribution >= 4 is 28.7 Å². The van der Waals surface area contributed by atoms with Crippen molar-refractivity contribution in [3.63, 3.8) is 0 Å². The van der Waals surface area contributed by atoms with Gasteiger partial charge in [-0.25, -0.2) is 9.59 Å². The normalized spacial score (nSPS) is 11.0. The number of ether oxygens (including phenoxy) is 3. The molecule has 1 aromatic carbocycles. The average molecular weight is 389 g/mol. The number of carbonyl (C=O) groups excluding carboxylic acids is 1. The molecule has 7 heteroatoms. The van der Waals surface area contributed by atoms with Crippen molar-refractivity contribution in [1.29, 1.82) is 0 Å². The van der Waals surface area contributed by atoms with Gasteiger partial charge in [0, 0.05) is 25.2 Å². The maximum atomic E-state index is 12.4. The van der Waals surface area contributed by atoms with E-state index in [0.717, 1.165) is 18.8 Å². The van der Waals surface area contributed by atoms with E-state index >= 15 is 0 Å². The Hall–Kier alpha value is -2.96. The Balaban J connectivity index is 2.70. The first-order valence-corrected chi connectivity index (χ1v) is 9.41. The van der Waals surface area contributed by atoms with E-state index in [1.807, 2.05) is 20.8 Å². The number of hydrogen-bond acceptors (Lipinski definition) is 7. The second kappa shape index (κ2) is 9.82. The molecule has 0 spiro atoms. The summed E-state index contributed by atoms with van der Waals surface area (Å²) < 4.78 is 21.9. The molecular formula is C21H27NO6. The van der Waals surface area contributed by atoms with E-state index < -0.39 is 11.6 Å². The molecule has 0 fully saturated rings. The first-order chi connectivity index (χ1) is 13.5. The molecule has 2 rings (SSSR count). The number of nitrogens with zero attached hydrogens (tertiary/aromatic N) is 1. The van der Waals surface area contributed by atoms with Gasteiger partial charge in [-0.2, -0.15) is 0 Å². The first kappa shape index (κ1) is 21.3. The highest BCUT2D eigenvalue weighted by molar-refractivity contribution is 5.94. The number of benzene rings is 1. The molecule has 0 aliphatic heterocycles. The Morgan fingerprint density at radius 1 is 1.11 bits per heavy atom. The number of methoxy groups -OCH3 is 1. The molecule has 0 bridgehead atoms. The lowest BCUT2D eigenvalue weighted by molar-refractivity contribution is -0.137. The maximum Gasteiger partial charge on any atom is 0.343 e. The van der Waals surface area contributed by atoms with Crippen LogP contribution < -0.4 is 20.0 Å². The summed E-state index contributed by atoms with van der Waals surface area (Å²) in [5.74, 6) is 0.548. The molecule has 2 aromatic rings. The van der Waals surface area contributed by atoms with Crippen molar-refractivity contribution < 1.29 is 23.4 Å². The minimum absolute atomic E-state index is 0.219. The second-order valence-corrected chi connectivity index (χ2v) is 5.85. The highest BCUT2D eigenvalue weighted by Gasteiger charge is 2.21. The summed E-state index contributed by atoms with van der Waals surface area (Å²) in [4.78, 5) is 26.0. The van der Waals surface area contributed by atoms with Crippen molar-refractivity contribution in [2.75, 3.05) is 38.3 Å². The van der Waals surface area contributed by atoms with E-state index in [2.05, 4.69) is 4.90 Å². The van der Waals surface area contributed by atoms with Crippen LogP contribution in [0.2, 0.25) is 0 Å². The molecule has 0 saturated carbocycles. The van der Waals surface area contributed by atoms with Gasteiger partial charge in [0.15, 0.2) is 11.5 Å². The molecule has 0 atom stereocenters. The predicted octanol–water partition coefficient (Wildman–Crippen LogP) is 3.62. The van der Waals surface area contributed by atoms with Crippen molar-refractivity contribution in [2.45, 2.75) is 27.7 Å². The molecule has 1 aromatic heterocycles. The molecule has 0 unspecified atom stereocenters. The van der Waals surface area contributed by atoms with E-state index in [0.29, 0.717) is 29.1 Å². The van der Waals surface area contributed by atoms with Crippen molar-refractivity contribution in [1.82, 2.24) is 0 Å². The Morgan fingerprint density at radius 3 is 2.39 bits per heavy atom. The summed E-state index contributed by atoms with van der Waals surface area (Å²) >= 11 is 0. The van der Waals surface area contributed by atoms with Gasteiger partial charge in [0.1, 0.15) is 5.58 Å². The first-order valence-electron chi connectivity index (χ1n) is 9.41. The third-order valence-electron chi connectivity index (χ3n) is 4.24. The molecule has 0 N–H and O–H groups in total. The van der Waals surface area contributed by atoms with E-state index in [-0.39, 0.29) is 12.2 Å². The number of fused-ring (bicyclic) bond motifs is 1. The van der Waals surface area contributed by atoms with E-state index in [4.69, 9.17) is 18.6 Å². The topological polar surface area (TPSA) is 78.2 Å². The Kier molecular flexibility index (Phi) is 7.49. The molecule has 28 heavy (non-hydrogen) atoms. The summed E-state index contributed by atoms with van der Waals surface area (Å²) in [5, 5.41) is 0.588. The summed E-state index contributed by atoms with van der Waals surface area (Å²) in [6.45, 7) is 9.92. The number of anilines is 1. The predicted molar refractivity (Wildman–Crippen MR) is 109 cm³/mol. The van der Waals surface area contributed by atoms with Crippen LogP contribution in [-0.2, 0) is 9.53 Å². The van der Waals surface area contributed by atoms with Gasteiger partial charge in [-0.1, -0.05) is 0 Å². The van der Waals surface area contributed by atoms with Gasteiger partial charge in [-0.05, 0) is 39.8 Å². The molecule has 7 nitrogen and oxygen atoms in total. The third kappa shape index (κ3) is 4.47. The molecule has 0 saturated heterocycles. The second-order valence-electron chi connectivity index (χ2n) is 5.85. The van der Waals surface area contributed by atoms with Crippen molar-refractivity contribution in [2.24, 2.45) is 0 Å². The molecule has 0 amide bonds. The largest absolute Gasteiger partial charge is 0.492 e. The monoisotopic (exact) mass is 389 g/mol. The van der Waals surface area contributed by atoms with Crippen LogP contribution in [0.3, 0.4) is 0 Å². The van der Waals surface area contributed by atoms with E-state index in [1.54, 1.807) is 26.2 Å². The van der Waals surface area contributed by atoms with Gasteiger partial charge >= 0.3 is 11.6 Å². The fraction of sp³-hybridized carbons (Fsp3) is 0.429. The van der Waals surface area contributed by atoms with Crippen LogP contribution in [0.4, 0.5) is 5.69 Å². The van der Waals surface area contributed by atoms with Crippen molar-refractivity contribution in [3.8, 4) is 11.5 Å². The van der Waals surface area contributed by atoms with Gasteiger partial charge in [0.05, 0.1) is 37.0 Å². The van der Waals surface area contributed by atoms with Gasteiger partial charge in [0.25, 0.3) is 0 Å². The number of rotatable bonds is 9. The summed E-state index contributed by atoms with van der Waals surface area (Å²) in [7, 11) is 1.54. The molecule has 0 aliphatic rings. The summed E-state index contributed by atoms with van der Waals surface area (Å²) in [5.41, 5.74) is 0.858. The molecular weight excluding hydrogens is 362 g/mol. The average Bonchev–Trinajstić information content (AvgIpc) is 2.68. The van der Waals surface area contributed by atoms with Gasteiger partial charge in [-0.3, -0.25) is 0 Å². The van der Waals surface area contributed by atoms with Gasteiger partial charge in [0.2, 0.25) is 0 Å². The fourth-order valence-corrected chi connectivity index (χ4v) is 2.96. The van der Waals surface area contributed by atoms with Crippen molar-refractivity contribution in [3.05, 3.63) is 34.2 Å². The fourth-order valence-electron chi connectivity index (χ4n) is 2.96. The zero-order chi connectivity index (χ0) is 20.7. The number of carbonyl (C=O) groups is 1. The molecule has 0 radical (unpaired) electrons. The van der Waals surface area contributed by atoms with Crippen LogP contribution in [0.1, 0.15) is 33.3 Å². The standard InChI is InChI=1S/C21H27NO6/c1-6-22(7-2)16-13-17-15(19(25-5)20(16)27-9-4)12-14(21(24)28-17)10-11-18(23)26-8-3/h10-13H,6-9H2,1-5H3/b11-10+. The number of esters is 1. The Bertz CT molecular complexity index is 911. The van der Waals surface area contributed by atoms with Crippen LogP contribution in [0.25, 0.3) is 17.0 Å². The Labute approximate surface area is 164 Å². The van der Waals surface area contributed by atoms with Crippen LogP contribution in [-0.4, -0.2) is 39.4 Å². The molecule has 1 heterocycles. The lowest BCUT2D eigenvalue weighted by atomic mass is 10.1. The maximum absolute atomic E-state index is 12.4. The van der Waals surface area contributed by atoms with Gasteiger partial charge < -0.3 is 23.5 Å². The molecule has 0 aliphatic carbocycles. The minimum atomic E-state index is -0.551. The zero-order valence-electron chi connectivity index (χ0n) is 17.0. The minimum Gasteiger partial charge on any atom is -0.492 e. The van der Waals surface area contributed by atoms with Crippen LogP contribution in [0, 0.1) is 0 Å².